The van der Waals surface area contributed by atoms with Crippen LogP contribution in [0.15, 0.2) is 18.3 Å². The molecule has 1 fully saturated rings. The summed E-state index contributed by atoms with van der Waals surface area (Å²) in [7, 11) is 0. The number of aromatic nitrogens is 1. The summed E-state index contributed by atoms with van der Waals surface area (Å²) in [5.41, 5.74) is 1.93. The highest BCUT2D eigenvalue weighted by atomic mass is 16.3. The molecule has 0 aromatic carbocycles. The van der Waals surface area contributed by atoms with Crippen LogP contribution in [0.3, 0.4) is 0 Å². The average molecular weight is 234 g/mol. The van der Waals surface area contributed by atoms with Gasteiger partial charge in [-0.2, -0.15) is 0 Å². The first kappa shape index (κ1) is 12.4. The van der Waals surface area contributed by atoms with E-state index in [1.807, 2.05) is 12.3 Å². The summed E-state index contributed by atoms with van der Waals surface area (Å²) in [5.74, 6) is 0.899. The molecule has 0 amide bonds. The van der Waals surface area contributed by atoms with Crippen molar-refractivity contribution in [2.45, 2.75) is 39.2 Å². The van der Waals surface area contributed by atoms with E-state index >= 15 is 0 Å². The number of nitrogens with zero attached hydrogens (tertiary/aromatic N) is 2. The van der Waals surface area contributed by atoms with E-state index < -0.39 is 6.10 Å². The Labute approximate surface area is 103 Å². The lowest BCUT2D eigenvalue weighted by molar-refractivity contribution is 0.194. The molecule has 1 saturated heterocycles. The molecule has 1 aliphatic heterocycles. The highest BCUT2D eigenvalue weighted by Crippen LogP contribution is 2.25. The van der Waals surface area contributed by atoms with Crippen LogP contribution in [0.25, 0.3) is 0 Å². The summed E-state index contributed by atoms with van der Waals surface area (Å²) in [5, 5.41) is 9.42. The van der Waals surface area contributed by atoms with Crippen molar-refractivity contribution in [1.82, 2.24) is 4.98 Å². The minimum absolute atomic E-state index is 0.477. The molecule has 1 aliphatic rings. The van der Waals surface area contributed by atoms with Crippen LogP contribution < -0.4 is 4.90 Å². The van der Waals surface area contributed by atoms with Crippen molar-refractivity contribution in [2.75, 3.05) is 18.0 Å². The molecule has 0 spiro atoms. The molecule has 1 N–H and O–H groups in total. The highest BCUT2D eigenvalue weighted by Gasteiger charge is 2.18. The number of piperidine rings is 1. The maximum atomic E-state index is 9.42. The first-order valence-electron chi connectivity index (χ1n) is 6.59. The number of pyridine rings is 1. The zero-order valence-corrected chi connectivity index (χ0v) is 10.8. The van der Waals surface area contributed by atoms with Crippen molar-refractivity contribution >= 4 is 5.69 Å². The summed E-state index contributed by atoms with van der Waals surface area (Å²) < 4.78 is 0. The van der Waals surface area contributed by atoms with Crippen molar-refractivity contribution < 1.29 is 5.11 Å². The van der Waals surface area contributed by atoms with E-state index in [2.05, 4.69) is 22.9 Å². The molecular formula is C14H22N2O. The second kappa shape index (κ2) is 5.50. The molecule has 2 heterocycles. The van der Waals surface area contributed by atoms with Gasteiger partial charge in [0, 0.05) is 13.1 Å². The van der Waals surface area contributed by atoms with Gasteiger partial charge in [-0.05, 0) is 37.8 Å². The first-order chi connectivity index (χ1) is 8.20. The standard InChI is InChI=1S/C14H22N2O/c1-3-12-6-8-16(9-7-12)13-4-5-14(11(2)17)15-10-13/h4-5,10-12,17H,3,6-9H2,1-2H3/t11-/m1/s1. The van der Waals surface area contributed by atoms with Gasteiger partial charge >= 0.3 is 0 Å². The molecule has 1 atom stereocenters. The number of rotatable bonds is 3. The third-order valence-corrected chi connectivity index (χ3v) is 3.76. The fourth-order valence-electron chi connectivity index (χ4n) is 2.43. The Kier molecular flexibility index (Phi) is 4.00. The van der Waals surface area contributed by atoms with Gasteiger partial charge in [-0.25, -0.2) is 0 Å². The van der Waals surface area contributed by atoms with Gasteiger partial charge < -0.3 is 10.0 Å². The van der Waals surface area contributed by atoms with Crippen LogP contribution >= 0.6 is 0 Å². The smallest absolute Gasteiger partial charge is 0.0931 e. The summed E-state index contributed by atoms with van der Waals surface area (Å²) >= 11 is 0. The third kappa shape index (κ3) is 2.97. The van der Waals surface area contributed by atoms with Crippen molar-refractivity contribution in [3.8, 4) is 0 Å². The molecule has 3 nitrogen and oxygen atoms in total. The van der Waals surface area contributed by atoms with Crippen LogP contribution in [0, 0.1) is 5.92 Å². The molecule has 0 bridgehead atoms. The van der Waals surface area contributed by atoms with E-state index in [1.54, 1.807) is 6.92 Å². The Morgan fingerprint density at radius 3 is 2.59 bits per heavy atom. The summed E-state index contributed by atoms with van der Waals surface area (Å²) in [6, 6.07) is 3.99. The molecule has 3 heteroatoms. The Hall–Kier alpha value is -1.09. The minimum atomic E-state index is -0.477. The van der Waals surface area contributed by atoms with E-state index in [0.717, 1.165) is 24.7 Å². The largest absolute Gasteiger partial charge is 0.387 e. The number of hydrogen-bond donors (Lipinski definition) is 1. The second-order valence-electron chi connectivity index (χ2n) is 4.96. The third-order valence-electron chi connectivity index (χ3n) is 3.76. The van der Waals surface area contributed by atoms with Gasteiger partial charge in [0.05, 0.1) is 23.7 Å². The van der Waals surface area contributed by atoms with Gasteiger partial charge in [0.15, 0.2) is 0 Å². The Morgan fingerprint density at radius 2 is 2.12 bits per heavy atom. The van der Waals surface area contributed by atoms with Crippen LogP contribution in [0.4, 0.5) is 5.69 Å². The molecule has 0 radical (unpaired) electrons. The predicted molar refractivity (Wildman–Crippen MR) is 70.1 cm³/mol. The maximum absolute atomic E-state index is 9.42. The molecule has 94 valence electrons. The normalized spacial score (nSPS) is 19.4. The Morgan fingerprint density at radius 1 is 1.41 bits per heavy atom. The lowest BCUT2D eigenvalue weighted by Crippen LogP contribution is -2.33. The lowest BCUT2D eigenvalue weighted by Gasteiger charge is -2.33. The topological polar surface area (TPSA) is 36.4 Å². The fraction of sp³-hybridized carbons (Fsp3) is 0.643. The summed E-state index contributed by atoms with van der Waals surface area (Å²) in [6.45, 7) is 6.29. The van der Waals surface area contributed by atoms with Gasteiger partial charge in [0.25, 0.3) is 0 Å². The van der Waals surface area contributed by atoms with Crippen molar-refractivity contribution in [2.24, 2.45) is 5.92 Å². The molecule has 0 saturated carbocycles. The van der Waals surface area contributed by atoms with Gasteiger partial charge in [-0.15, -0.1) is 0 Å². The van der Waals surface area contributed by atoms with E-state index in [4.69, 9.17) is 0 Å². The lowest BCUT2D eigenvalue weighted by atomic mass is 9.94. The van der Waals surface area contributed by atoms with Gasteiger partial charge in [-0.1, -0.05) is 13.3 Å². The molecule has 1 aromatic rings. The van der Waals surface area contributed by atoms with Crippen LogP contribution in [-0.4, -0.2) is 23.2 Å². The van der Waals surface area contributed by atoms with E-state index in [1.165, 1.54) is 24.9 Å². The second-order valence-corrected chi connectivity index (χ2v) is 4.96. The molecule has 0 unspecified atom stereocenters. The predicted octanol–water partition coefficient (Wildman–Crippen LogP) is 2.76. The van der Waals surface area contributed by atoms with Gasteiger partial charge in [-0.3, -0.25) is 4.98 Å². The van der Waals surface area contributed by atoms with Crippen molar-refractivity contribution in [3.63, 3.8) is 0 Å². The fourth-order valence-corrected chi connectivity index (χ4v) is 2.43. The number of aliphatic hydroxyl groups is 1. The highest BCUT2D eigenvalue weighted by molar-refractivity contribution is 5.45. The van der Waals surface area contributed by atoms with Crippen molar-refractivity contribution in [3.05, 3.63) is 24.0 Å². The minimum Gasteiger partial charge on any atom is -0.387 e. The maximum Gasteiger partial charge on any atom is 0.0931 e. The first-order valence-corrected chi connectivity index (χ1v) is 6.59. The van der Waals surface area contributed by atoms with Gasteiger partial charge in [0.1, 0.15) is 0 Å². The molecule has 2 rings (SSSR count). The quantitative estimate of drug-likeness (QED) is 0.873. The Bertz CT molecular complexity index is 340. The zero-order valence-electron chi connectivity index (χ0n) is 10.8. The number of anilines is 1. The van der Waals surface area contributed by atoms with Crippen LogP contribution in [0.5, 0.6) is 0 Å². The van der Waals surface area contributed by atoms with Crippen LogP contribution in [0.2, 0.25) is 0 Å². The Balaban J connectivity index is 1.99. The molecular weight excluding hydrogens is 212 g/mol. The molecule has 0 aliphatic carbocycles. The SMILES string of the molecule is CCC1CCN(c2ccc([C@@H](C)O)nc2)CC1. The summed E-state index contributed by atoms with van der Waals surface area (Å²) in [6.07, 6.45) is 5.28. The molecule has 1 aromatic heterocycles. The zero-order chi connectivity index (χ0) is 12.3. The van der Waals surface area contributed by atoms with Crippen LogP contribution in [-0.2, 0) is 0 Å². The van der Waals surface area contributed by atoms with E-state index in [0.29, 0.717) is 0 Å². The van der Waals surface area contributed by atoms with Crippen molar-refractivity contribution in [1.29, 1.82) is 0 Å². The summed E-state index contributed by atoms with van der Waals surface area (Å²) in [4.78, 5) is 6.69. The molecule has 17 heavy (non-hydrogen) atoms. The van der Waals surface area contributed by atoms with E-state index in [-0.39, 0.29) is 0 Å². The van der Waals surface area contributed by atoms with Crippen LogP contribution in [0.1, 0.15) is 44.9 Å². The number of aliphatic hydroxyl groups excluding tert-OH is 1. The van der Waals surface area contributed by atoms with E-state index in [9.17, 15) is 5.11 Å². The monoisotopic (exact) mass is 234 g/mol. The number of hydrogen-bond acceptors (Lipinski definition) is 3. The average Bonchev–Trinajstić information content (AvgIpc) is 2.39. The van der Waals surface area contributed by atoms with Gasteiger partial charge in [0.2, 0.25) is 0 Å².